The molecule has 0 fully saturated rings. The molecule has 0 spiro atoms. The monoisotopic (exact) mass is 359 g/mol. The summed E-state index contributed by atoms with van der Waals surface area (Å²) in [7, 11) is -3.46. The molecule has 2 aromatic rings. The van der Waals surface area contributed by atoms with Crippen molar-refractivity contribution in [3.8, 4) is 0 Å². The van der Waals surface area contributed by atoms with Crippen molar-refractivity contribution in [2.24, 2.45) is 0 Å². The largest absolute Gasteiger partial charge is 0.279 e. The van der Waals surface area contributed by atoms with E-state index >= 15 is 0 Å². The van der Waals surface area contributed by atoms with Crippen LogP contribution in [0.3, 0.4) is 0 Å². The van der Waals surface area contributed by atoms with Crippen molar-refractivity contribution in [1.82, 2.24) is 0 Å². The number of benzene rings is 1. The van der Waals surface area contributed by atoms with Crippen LogP contribution in [0.25, 0.3) is 0 Å². The Morgan fingerprint density at radius 2 is 1.84 bits per heavy atom. The Balaban J connectivity index is 2.16. The first-order valence-electron chi connectivity index (χ1n) is 5.75. The number of rotatable bonds is 5. The molecule has 0 saturated carbocycles. The van der Waals surface area contributed by atoms with Crippen molar-refractivity contribution in [3.63, 3.8) is 0 Å². The Morgan fingerprint density at radius 3 is 2.37 bits per heavy atom. The van der Waals surface area contributed by atoms with E-state index in [1.54, 1.807) is 24.3 Å². The highest BCUT2D eigenvalue weighted by Gasteiger charge is 2.15. The number of alkyl halides is 1. The maximum Gasteiger partial charge on any atom is 0.271 e. The summed E-state index contributed by atoms with van der Waals surface area (Å²) in [5.41, 5.74) is 1.76. The molecule has 0 aliphatic carbocycles. The molecule has 0 aliphatic heterocycles. The molecule has 1 N–H and O–H groups in total. The average Bonchev–Trinajstić information content (AvgIpc) is 2.79. The molecule has 0 bridgehead atoms. The van der Waals surface area contributed by atoms with Crippen LogP contribution in [0, 0.1) is 6.92 Å². The van der Waals surface area contributed by atoms with Crippen LogP contribution in [-0.2, 0) is 16.4 Å². The summed E-state index contributed by atoms with van der Waals surface area (Å²) >= 11 is 4.64. The van der Waals surface area contributed by atoms with E-state index in [-0.39, 0.29) is 0 Å². The van der Waals surface area contributed by atoms with Gasteiger partial charge in [-0.3, -0.25) is 4.72 Å². The van der Waals surface area contributed by atoms with Gasteiger partial charge in [-0.1, -0.05) is 28.1 Å². The molecule has 0 atom stereocenters. The maximum atomic E-state index is 12.1. The Hall–Kier alpha value is -0.850. The molecular formula is C13H14BrNO2S2. The van der Waals surface area contributed by atoms with Gasteiger partial charge in [-0.05, 0) is 43.2 Å². The minimum Gasteiger partial charge on any atom is -0.279 e. The van der Waals surface area contributed by atoms with Crippen molar-refractivity contribution in [2.75, 3.05) is 10.1 Å². The summed E-state index contributed by atoms with van der Waals surface area (Å²) in [5.74, 6) is 0. The number of hydrogen-bond acceptors (Lipinski definition) is 3. The lowest BCUT2D eigenvalue weighted by Crippen LogP contribution is -2.11. The van der Waals surface area contributed by atoms with Crippen LogP contribution in [0.15, 0.2) is 40.6 Å². The van der Waals surface area contributed by atoms with Gasteiger partial charge >= 0.3 is 0 Å². The smallest absolute Gasteiger partial charge is 0.271 e. The number of halogens is 1. The number of thiophene rings is 1. The fourth-order valence-corrected chi connectivity index (χ4v) is 4.41. The lowest BCUT2D eigenvalue weighted by Gasteiger charge is -2.07. The zero-order valence-corrected chi connectivity index (χ0v) is 13.6. The molecule has 0 saturated heterocycles. The minimum absolute atomic E-state index is 0.342. The molecule has 102 valence electrons. The van der Waals surface area contributed by atoms with Crippen LogP contribution < -0.4 is 4.72 Å². The van der Waals surface area contributed by atoms with E-state index in [1.807, 2.05) is 19.1 Å². The average molecular weight is 360 g/mol. The minimum atomic E-state index is -3.46. The van der Waals surface area contributed by atoms with Crippen molar-refractivity contribution in [1.29, 1.82) is 0 Å². The normalized spacial score (nSPS) is 11.5. The predicted molar refractivity (Wildman–Crippen MR) is 83.8 cm³/mol. The van der Waals surface area contributed by atoms with Crippen LogP contribution in [0.5, 0.6) is 0 Å². The fourth-order valence-electron chi connectivity index (χ4n) is 1.61. The molecule has 0 unspecified atom stereocenters. The SMILES string of the molecule is Cc1ccc(S(=O)(=O)Nc2ccc(CCBr)cc2)s1. The van der Waals surface area contributed by atoms with Gasteiger partial charge in [0.2, 0.25) is 0 Å². The maximum absolute atomic E-state index is 12.1. The van der Waals surface area contributed by atoms with Gasteiger partial charge in [-0.15, -0.1) is 11.3 Å². The molecule has 6 heteroatoms. The number of nitrogens with one attached hydrogen (secondary N) is 1. The topological polar surface area (TPSA) is 46.2 Å². The van der Waals surface area contributed by atoms with Crippen molar-refractivity contribution in [2.45, 2.75) is 17.6 Å². The lowest BCUT2D eigenvalue weighted by atomic mass is 10.2. The lowest BCUT2D eigenvalue weighted by molar-refractivity contribution is 0.603. The predicted octanol–water partition coefficient (Wildman–Crippen LogP) is 3.79. The van der Waals surface area contributed by atoms with Gasteiger partial charge in [0, 0.05) is 15.9 Å². The van der Waals surface area contributed by atoms with Gasteiger partial charge in [0.15, 0.2) is 0 Å². The summed E-state index contributed by atoms with van der Waals surface area (Å²) in [5, 5.41) is 0.895. The Labute approximate surface area is 125 Å². The van der Waals surface area contributed by atoms with Crippen LogP contribution in [0.4, 0.5) is 5.69 Å². The zero-order chi connectivity index (χ0) is 13.9. The molecule has 1 aromatic carbocycles. The van der Waals surface area contributed by atoms with E-state index in [1.165, 1.54) is 16.9 Å². The van der Waals surface area contributed by atoms with Crippen LogP contribution >= 0.6 is 27.3 Å². The molecule has 3 nitrogen and oxygen atoms in total. The Bertz CT molecular complexity index is 648. The first-order chi connectivity index (χ1) is 9.01. The van der Waals surface area contributed by atoms with Crippen LogP contribution in [0.1, 0.15) is 10.4 Å². The molecule has 19 heavy (non-hydrogen) atoms. The van der Waals surface area contributed by atoms with E-state index in [9.17, 15) is 8.42 Å². The van der Waals surface area contributed by atoms with Gasteiger partial charge < -0.3 is 0 Å². The van der Waals surface area contributed by atoms with E-state index in [2.05, 4.69) is 20.7 Å². The van der Waals surface area contributed by atoms with Crippen LogP contribution in [-0.4, -0.2) is 13.7 Å². The zero-order valence-electron chi connectivity index (χ0n) is 10.4. The van der Waals surface area contributed by atoms with Gasteiger partial charge in [-0.25, -0.2) is 8.42 Å². The third-order valence-electron chi connectivity index (χ3n) is 2.57. The Morgan fingerprint density at radius 1 is 1.16 bits per heavy atom. The number of sulfonamides is 1. The van der Waals surface area contributed by atoms with Gasteiger partial charge in [0.05, 0.1) is 0 Å². The molecule has 2 rings (SSSR count). The Kier molecular flexibility index (Phi) is 4.65. The molecule has 0 radical (unpaired) electrons. The van der Waals surface area contributed by atoms with Gasteiger partial charge in [-0.2, -0.15) is 0 Å². The van der Waals surface area contributed by atoms with E-state index in [4.69, 9.17) is 0 Å². The van der Waals surface area contributed by atoms with Crippen LogP contribution in [0.2, 0.25) is 0 Å². The fraction of sp³-hybridized carbons (Fsp3) is 0.231. The second-order valence-electron chi connectivity index (χ2n) is 4.11. The summed E-state index contributed by atoms with van der Waals surface area (Å²) in [6.07, 6.45) is 0.928. The first kappa shape index (κ1) is 14.6. The van der Waals surface area contributed by atoms with E-state index < -0.39 is 10.0 Å². The summed E-state index contributed by atoms with van der Waals surface area (Å²) in [6, 6.07) is 10.9. The summed E-state index contributed by atoms with van der Waals surface area (Å²) < 4.78 is 27.2. The quantitative estimate of drug-likeness (QED) is 0.825. The van der Waals surface area contributed by atoms with E-state index in [0.717, 1.165) is 16.6 Å². The molecule has 1 heterocycles. The second kappa shape index (κ2) is 6.07. The number of aryl methyl sites for hydroxylation is 2. The van der Waals surface area contributed by atoms with Crippen molar-refractivity contribution >= 4 is 43.0 Å². The number of anilines is 1. The molecule has 1 aromatic heterocycles. The highest BCUT2D eigenvalue weighted by molar-refractivity contribution is 9.09. The molecular weight excluding hydrogens is 346 g/mol. The molecule has 0 aliphatic rings. The van der Waals surface area contributed by atoms with Crippen molar-refractivity contribution in [3.05, 3.63) is 46.8 Å². The summed E-state index contributed by atoms with van der Waals surface area (Å²) in [6.45, 7) is 1.89. The second-order valence-corrected chi connectivity index (χ2v) is 8.10. The molecule has 0 amide bonds. The van der Waals surface area contributed by atoms with Gasteiger partial charge in [0.25, 0.3) is 10.0 Å². The standard InChI is InChI=1S/C13H14BrNO2S2/c1-10-2-7-13(18-10)19(16,17)15-12-5-3-11(4-6-12)8-9-14/h2-7,15H,8-9H2,1H3. The van der Waals surface area contributed by atoms with E-state index in [0.29, 0.717) is 9.90 Å². The third-order valence-corrected chi connectivity index (χ3v) is 5.84. The van der Waals surface area contributed by atoms with Gasteiger partial charge in [0.1, 0.15) is 4.21 Å². The number of hydrogen-bond donors (Lipinski definition) is 1. The summed E-state index contributed by atoms with van der Waals surface area (Å²) in [4.78, 5) is 0.980. The highest BCUT2D eigenvalue weighted by Crippen LogP contribution is 2.23. The third kappa shape index (κ3) is 3.81. The van der Waals surface area contributed by atoms with Crippen molar-refractivity contribution < 1.29 is 8.42 Å². The first-order valence-corrected chi connectivity index (χ1v) is 9.17. The highest BCUT2D eigenvalue weighted by atomic mass is 79.9.